The molecule has 0 saturated carbocycles. The van der Waals surface area contributed by atoms with Gasteiger partial charge in [0.2, 0.25) is 10.0 Å². The van der Waals surface area contributed by atoms with E-state index in [1.54, 1.807) is 0 Å². The van der Waals surface area contributed by atoms with Gasteiger partial charge in [0.15, 0.2) is 0 Å². The van der Waals surface area contributed by atoms with Crippen molar-refractivity contribution >= 4 is 33.2 Å². The second-order valence-corrected chi connectivity index (χ2v) is 6.98. The SMILES string of the molecule is CCCNc1ccc([N+](=O)[O-])cc1S(=O)(=O)NCCSC. The van der Waals surface area contributed by atoms with Crippen LogP contribution in [0.1, 0.15) is 13.3 Å². The van der Waals surface area contributed by atoms with E-state index in [1.165, 1.54) is 23.9 Å². The van der Waals surface area contributed by atoms with Gasteiger partial charge in [-0.15, -0.1) is 0 Å². The van der Waals surface area contributed by atoms with Crippen molar-refractivity contribution in [2.24, 2.45) is 0 Å². The number of thioether (sulfide) groups is 1. The number of nitrogens with one attached hydrogen (secondary N) is 2. The fourth-order valence-electron chi connectivity index (χ4n) is 1.61. The van der Waals surface area contributed by atoms with Crippen LogP contribution in [0, 0.1) is 10.1 Å². The normalized spacial score (nSPS) is 11.3. The van der Waals surface area contributed by atoms with Crippen molar-refractivity contribution in [3.8, 4) is 0 Å². The molecule has 0 aromatic heterocycles. The topological polar surface area (TPSA) is 101 Å². The van der Waals surface area contributed by atoms with Crippen molar-refractivity contribution in [3.63, 3.8) is 0 Å². The van der Waals surface area contributed by atoms with Gasteiger partial charge in [-0.3, -0.25) is 10.1 Å². The highest BCUT2D eigenvalue weighted by Gasteiger charge is 2.21. The van der Waals surface area contributed by atoms with E-state index in [2.05, 4.69) is 10.0 Å². The van der Waals surface area contributed by atoms with Gasteiger partial charge < -0.3 is 5.32 Å². The predicted molar refractivity (Wildman–Crippen MR) is 85.4 cm³/mol. The van der Waals surface area contributed by atoms with Crippen molar-refractivity contribution in [3.05, 3.63) is 28.3 Å². The lowest BCUT2D eigenvalue weighted by molar-refractivity contribution is -0.385. The third-order valence-corrected chi connectivity index (χ3v) is 4.74. The first-order valence-electron chi connectivity index (χ1n) is 6.43. The van der Waals surface area contributed by atoms with E-state index in [4.69, 9.17) is 0 Å². The molecule has 21 heavy (non-hydrogen) atoms. The Kier molecular flexibility index (Phi) is 6.93. The molecule has 0 atom stereocenters. The van der Waals surface area contributed by atoms with Crippen LogP contribution in [0.25, 0.3) is 0 Å². The molecule has 0 unspecified atom stereocenters. The number of anilines is 1. The summed E-state index contributed by atoms with van der Waals surface area (Å²) in [7, 11) is -3.78. The van der Waals surface area contributed by atoms with E-state index in [-0.39, 0.29) is 17.1 Å². The fourth-order valence-corrected chi connectivity index (χ4v) is 3.28. The summed E-state index contributed by atoms with van der Waals surface area (Å²) >= 11 is 1.51. The standard InChI is InChI=1S/C12H19N3O4S2/c1-3-6-13-11-5-4-10(15(16)17)9-12(11)21(18,19)14-7-8-20-2/h4-5,9,13-14H,3,6-8H2,1-2H3. The van der Waals surface area contributed by atoms with Crippen LogP contribution in [0.15, 0.2) is 23.1 Å². The van der Waals surface area contributed by atoms with Gasteiger partial charge in [-0.1, -0.05) is 6.92 Å². The molecule has 7 nitrogen and oxygen atoms in total. The highest BCUT2D eigenvalue weighted by Crippen LogP contribution is 2.26. The third-order valence-electron chi connectivity index (χ3n) is 2.63. The molecule has 9 heteroatoms. The Morgan fingerprint density at radius 2 is 2.05 bits per heavy atom. The molecule has 0 bridgehead atoms. The van der Waals surface area contributed by atoms with Gasteiger partial charge in [0.05, 0.1) is 10.6 Å². The average Bonchev–Trinajstić information content (AvgIpc) is 2.45. The monoisotopic (exact) mass is 333 g/mol. The zero-order chi connectivity index (χ0) is 15.9. The first kappa shape index (κ1) is 17.7. The summed E-state index contributed by atoms with van der Waals surface area (Å²) in [6.07, 6.45) is 2.69. The minimum absolute atomic E-state index is 0.0914. The number of sulfonamides is 1. The third kappa shape index (κ3) is 5.18. The molecule has 0 spiro atoms. The molecule has 0 aliphatic rings. The molecule has 118 valence electrons. The smallest absolute Gasteiger partial charge is 0.270 e. The van der Waals surface area contributed by atoms with Gasteiger partial charge in [-0.2, -0.15) is 11.8 Å². The van der Waals surface area contributed by atoms with Gasteiger partial charge >= 0.3 is 0 Å². The summed E-state index contributed by atoms with van der Waals surface area (Å²) in [5.74, 6) is 0.631. The van der Waals surface area contributed by atoms with Crippen LogP contribution in [0.2, 0.25) is 0 Å². The van der Waals surface area contributed by atoms with Gasteiger partial charge in [-0.05, 0) is 18.7 Å². The second kappa shape index (κ2) is 8.20. The Hall–Kier alpha value is -1.32. The largest absolute Gasteiger partial charge is 0.384 e. The molecular formula is C12H19N3O4S2. The Morgan fingerprint density at radius 3 is 2.62 bits per heavy atom. The van der Waals surface area contributed by atoms with E-state index in [9.17, 15) is 18.5 Å². The van der Waals surface area contributed by atoms with Crippen LogP contribution in [0.3, 0.4) is 0 Å². The molecule has 0 heterocycles. The van der Waals surface area contributed by atoms with E-state index < -0.39 is 14.9 Å². The fraction of sp³-hybridized carbons (Fsp3) is 0.500. The maximum absolute atomic E-state index is 12.3. The first-order valence-corrected chi connectivity index (χ1v) is 9.31. The number of rotatable bonds is 9. The molecule has 0 saturated heterocycles. The van der Waals surface area contributed by atoms with Crippen molar-refractivity contribution in [1.29, 1.82) is 0 Å². The van der Waals surface area contributed by atoms with E-state index in [0.29, 0.717) is 18.0 Å². The summed E-state index contributed by atoms with van der Waals surface area (Å²) in [6, 6.07) is 3.80. The summed E-state index contributed by atoms with van der Waals surface area (Å²) in [5.41, 5.74) is 0.126. The Balaban J connectivity index is 3.14. The van der Waals surface area contributed by atoms with E-state index in [1.807, 2.05) is 13.2 Å². The van der Waals surface area contributed by atoms with Gasteiger partial charge in [0.25, 0.3) is 5.69 Å². The molecule has 0 radical (unpaired) electrons. The highest BCUT2D eigenvalue weighted by atomic mass is 32.2. The van der Waals surface area contributed by atoms with Crippen molar-refractivity contribution in [2.75, 3.05) is 30.4 Å². The lowest BCUT2D eigenvalue weighted by atomic mass is 10.3. The lowest BCUT2D eigenvalue weighted by Gasteiger charge is -2.12. The molecule has 0 aliphatic carbocycles. The number of hydrogen-bond acceptors (Lipinski definition) is 6. The molecule has 2 N–H and O–H groups in total. The summed E-state index contributed by atoms with van der Waals surface area (Å²) in [4.78, 5) is 10.1. The maximum Gasteiger partial charge on any atom is 0.270 e. The number of nitrogens with zero attached hydrogens (tertiary/aromatic N) is 1. The zero-order valence-corrected chi connectivity index (χ0v) is 13.6. The maximum atomic E-state index is 12.3. The van der Waals surface area contributed by atoms with Crippen molar-refractivity contribution in [2.45, 2.75) is 18.2 Å². The Bertz CT molecular complexity index is 590. The first-order chi connectivity index (χ1) is 9.92. The minimum atomic E-state index is -3.78. The van der Waals surface area contributed by atoms with Crippen molar-refractivity contribution in [1.82, 2.24) is 4.72 Å². The van der Waals surface area contributed by atoms with Crippen LogP contribution in [0.5, 0.6) is 0 Å². The van der Waals surface area contributed by atoms with Gasteiger partial charge in [-0.25, -0.2) is 13.1 Å². The van der Waals surface area contributed by atoms with Crippen LogP contribution in [0.4, 0.5) is 11.4 Å². The number of hydrogen-bond donors (Lipinski definition) is 2. The number of benzene rings is 1. The number of non-ortho nitro benzene ring substituents is 1. The summed E-state index contributed by atoms with van der Waals surface area (Å²) in [5, 5.41) is 13.8. The predicted octanol–water partition coefficient (Wildman–Crippen LogP) is 2.06. The summed E-state index contributed by atoms with van der Waals surface area (Å²) < 4.78 is 27.0. The average molecular weight is 333 g/mol. The van der Waals surface area contributed by atoms with Gasteiger partial charge in [0.1, 0.15) is 4.90 Å². The van der Waals surface area contributed by atoms with E-state index >= 15 is 0 Å². The minimum Gasteiger partial charge on any atom is -0.384 e. The van der Waals surface area contributed by atoms with Crippen LogP contribution in [-0.4, -0.2) is 38.4 Å². The van der Waals surface area contributed by atoms with Crippen LogP contribution >= 0.6 is 11.8 Å². The molecule has 1 aromatic rings. The molecule has 1 aromatic carbocycles. The molecule has 0 amide bonds. The van der Waals surface area contributed by atoms with Crippen molar-refractivity contribution < 1.29 is 13.3 Å². The Labute approximate surface area is 128 Å². The number of nitro groups is 1. The lowest BCUT2D eigenvalue weighted by Crippen LogP contribution is -2.27. The molecular weight excluding hydrogens is 314 g/mol. The van der Waals surface area contributed by atoms with Gasteiger partial charge in [0, 0.05) is 31.0 Å². The molecule has 0 fully saturated rings. The van der Waals surface area contributed by atoms with Crippen LogP contribution < -0.4 is 10.0 Å². The summed E-state index contributed by atoms with van der Waals surface area (Å²) in [6.45, 7) is 2.81. The molecule has 1 rings (SSSR count). The zero-order valence-electron chi connectivity index (χ0n) is 12.0. The Morgan fingerprint density at radius 1 is 1.33 bits per heavy atom. The molecule has 0 aliphatic heterocycles. The second-order valence-electron chi connectivity index (χ2n) is 4.25. The van der Waals surface area contributed by atoms with E-state index in [0.717, 1.165) is 12.5 Å². The van der Waals surface area contributed by atoms with Crippen LogP contribution in [-0.2, 0) is 10.0 Å². The highest BCUT2D eigenvalue weighted by molar-refractivity contribution is 7.98. The number of nitro benzene ring substituents is 1. The quantitative estimate of drug-likeness (QED) is 0.407.